The van der Waals surface area contributed by atoms with Crippen LogP contribution in [0.15, 0.2) is 394 Å². The Kier molecular flexibility index (Phi) is 14.7. The summed E-state index contributed by atoms with van der Waals surface area (Å²) in [5.74, 6) is 3.29. The molecule has 0 aliphatic heterocycles. The van der Waals surface area contributed by atoms with Gasteiger partial charge in [0, 0.05) is 111 Å². The van der Waals surface area contributed by atoms with E-state index in [1.54, 1.807) is 0 Å². The Morgan fingerprint density at radius 1 is 0.203 bits per heavy atom. The van der Waals surface area contributed by atoms with Crippen LogP contribution in [0.3, 0.4) is 0 Å². The van der Waals surface area contributed by atoms with Crippen molar-refractivity contribution in [2.45, 2.75) is 38.5 Å². The standard InChI is InChI=1S/C112H74N2O4/c1-111(2)97-61-73-25-13-11-23-71(73)59-95(97)89-49-47-87(65-99(89)111)113(85-45-39-75-55-81(33-31-77(75)57-85)103-63-79-27-15-17-29-101(79)115-103)83-41-35-69(36-42-83)107-105(67-19-7-5-8-20-67)93-53-51-92-91(109(93)117-107)52-54-94-106(68-21-9-6-10-22-68)108(118-110(92)94)70-37-43-84(44-38-70)114(86-46-40-76-56-82(34-32-78(76)58-86)104-64-80-28-16-18-30-102(80)116-104)88-48-50-90-96-60-72-24-12-14-26-74(72)62-98(96)112(3,4)100(90)66-88/h5-66H,1-4H3. The van der Waals surface area contributed by atoms with E-state index in [-0.39, 0.29) is 10.8 Å². The number of benzene rings is 18. The molecule has 556 valence electrons. The number of furan rings is 4. The van der Waals surface area contributed by atoms with Gasteiger partial charge >= 0.3 is 0 Å². The average molecular weight is 1510 g/mol. The van der Waals surface area contributed by atoms with Crippen LogP contribution in [0.1, 0.15) is 49.9 Å². The molecule has 18 aromatic carbocycles. The molecule has 0 unspecified atom stereocenters. The van der Waals surface area contributed by atoms with Crippen molar-refractivity contribution in [3.05, 3.63) is 398 Å². The number of hydrogen-bond donors (Lipinski definition) is 0. The monoisotopic (exact) mass is 1510 g/mol. The second kappa shape index (κ2) is 25.8. The summed E-state index contributed by atoms with van der Waals surface area (Å²) in [6.45, 7) is 9.50. The average Bonchev–Trinajstić information content (AvgIpc) is 1.57. The van der Waals surface area contributed by atoms with E-state index >= 15 is 0 Å². The lowest BCUT2D eigenvalue weighted by atomic mass is 9.81. The van der Waals surface area contributed by atoms with E-state index in [0.717, 1.165) is 178 Å². The molecule has 6 nitrogen and oxygen atoms in total. The van der Waals surface area contributed by atoms with Gasteiger partial charge in [0.05, 0.1) is 0 Å². The molecule has 4 heterocycles. The number of fused-ring (bicyclic) bond motifs is 17. The van der Waals surface area contributed by atoms with Crippen LogP contribution in [-0.2, 0) is 10.8 Å². The van der Waals surface area contributed by atoms with E-state index in [1.807, 2.05) is 24.3 Å². The molecule has 0 fully saturated rings. The van der Waals surface area contributed by atoms with Crippen LogP contribution in [0.4, 0.5) is 34.1 Å². The van der Waals surface area contributed by atoms with Gasteiger partial charge in [-0.3, -0.25) is 0 Å². The Bertz CT molecular complexity index is 7390. The molecule has 0 spiro atoms. The molecule has 0 saturated heterocycles. The van der Waals surface area contributed by atoms with Crippen LogP contribution in [0, 0.1) is 0 Å². The third-order valence-corrected chi connectivity index (χ3v) is 25.6. The summed E-state index contributed by atoms with van der Waals surface area (Å²) >= 11 is 0. The Balaban J connectivity index is 0.617. The number of anilines is 6. The Labute approximate surface area is 681 Å². The molecule has 2 aliphatic rings. The van der Waals surface area contributed by atoms with Crippen molar-refractivity contribution >= 4 is 132 Å². The minimum Gasteiger partial charge on any atom is -0.456 e. The third kappa shape index (κ3) is 10.6. The Hall–Kier alpha value is -15.0. The number of nitrogens with zero attached hydrogens (tertiary/aromatic N) is 2. The minimum atomic E-state index is -0.248. The quantitative estimate of drug-likeness (QED) is 0.121. The molecule has 0 radical (unpaired) electrons. The van der Waals surface area contributed by atoms with Crippen molar-refractivity contribution in [1.82, 2.24) is 0 Å². The maximum Gasteiger partial charge on any atom is 0.143 e. The summed E-state index contributed by atoms with van der Waals surface area (Å²) in [4.78, 5) is 4.82. The molecule has 0 bridgehead atoms. The van der Waals surface area contributed by atoms with Crippen molar-refractivity contribution < 1.29 is 17.7 Å². The van der Waals surface area contributed by atoms with Crippen LogP contribution in [0.2, 0.25) is 0 Å². The molecule has 118 heavy (non-hydrogen) atoms. The largest absolute Gasteiger partial charge is 0.456 e. The first kappa shape index (κ1) is 67.5. The summed E-state index contributed by atoms with van der Waals surface area (Å²) in [5.41, 5.74) is 27.8. The van der Waals surface area contributed by atoms with Gasteiger partial charge in [0.1, 0.15) is 45.4 Å². The first-order valence-corrected chi connectivity index (χ1v) is 40.7. The van der Waals surface area contributed by atoms with Crippen molar-refractivity contribution in [3.63, 3.8) is 0 Å². The zero-order chi connectivity index (χ0) is 78.2. The van der Waals surface area contributed by atoms with Gasteiger partial charge in [-0.15, -0.1) is 0 Å². The van der Waals surface area contributed by atoms with E-state index in [4.69, 9.17) is 17.7 Å². The van der Waals surface area contributed by atoms with Gasteiger partial charge in [0.15, 0.2) is 0 Å². The molecule has 2 aliphatic carbocycles. The fourth-order valence-electron chi connectivity index (χ4n) is 19.5. The van der Waals surface area contributed by atoms with Crippen molar-refractivity contribution in [1.29, 1.82) is 0 Å². The van der Waals surface area contributed by atoms with Gasteiger partial charge in [-0.25, -0.2) is 0 Å². The van der Waals surface area contributed by atoms with E-state index in [2.05, 4.69) is 389 Å². The highest BCUT2D eigenvalue weighted by molar-refractivity contribution is 6.21. The molecular formula is C112H74N2O4. The second-order valence-electron chi connectivity index (χ2n) is 33.1. The normalized spacial score (nSPS) is 13.2. The van der Waals surface area contributed by atoms with Crippen molar-refractivity contribution in [2.75, 3.05) is 9.80 Å². The summed E-state index contributed by atoms with van der Waals surface area (Å²) in [6.07, 6.45) is 0. The van der Waals surface area contributed by atoms with E-state index < -0.39 is 0 Å². The first-order chi connectivity index (χ1) is 57.9. The molecule has 22 aromatic rings. The smallest absolute Gasteiger partial charge is 0.143 e. The predicted octanol–water partition coefficient (Wildman–Crippen LogP) is 32.0. The van der Waals surface area contributed by atoms with Gasteiger partial charge in [-0.05, 0) is 281 Å². The summed E-state index contributed by atoms with van der Waals surface area (Å²) < 4.78 is 27.7. The minimum absolute atomic E-state index is 0.248. The molecule has 24 rings (SSSR count). The lowest BCUT2D eigenvalue weighted by Gasteiger charge is -2.28. The van der Waals surface area contributed by atoms with E-state index in [9.17, 15) is 0 Å². The molecule has 4 aromatic heterocycles. The highest BCUT2D eigenvalue weighted by Crippen LogP contribution is 2.56. The van der Waals surface area contributed by atoms with Crippen molar-refractivity contribution in [3.8, 4) is 89.8 Å². The van der Waals surface area contributed by atoms with E-state index in [0.29, 0.717) is 0 Å². The number of hydrogen-bond acceptors (Lipinski definition) is 6. The highest BCUT2D eigenvalue weighted by Gasteiger charge is 2.39. The lowest BCUT2D eigenvalue weighted by molar-refractivity contribution is 0.631. The number of rotatable bonds is 12. The Morgan fingerprint density at radius 3 is 0.932 bits per heavy atom. The molecular weight excluding hydrogens is 1440 g/mol. The maximum absolute atomic E-state index is 7.48. The predicted molar refractivity (Wildman–Crippen MR) is 490 cm³/mol. The second-order valence-corrected chi connectivity index (χ2v) is 33.1. The summed E-state index contributed by atoms with van der Waals surface area (Å²) in [6, 6.07) is 137. The fraction of sp³-hybridized carbons (Fsp3) is 0.0536. The third-order valence-electron chi connectivity index (χ3n) is 25.6. The topological polar surface area (TPSA) is 59.0 Å². The molecule has 6 heteroatoms. The lowest BCUT2D eigenvalue weighted by Crippen LogP contribution is -2.16. The summed E-state index contributed by atoms with van der Waals surface area (Å²) in [7, 11) is 0. The van der Waals surface area contributed by atoms with Crippen LogP contribution in [0.5, 0.6) is 0 Å². The van der Waals surface area contributed by atoms with Crippen LogP contribution in [-0.4, -0.2) is 0 Å². The highest BCUT2D eigenvalue weighted by atomic mass is 16.3. The van der Waals surface area contributed by atoms with Gasteiger partial charge < -0.3 is 27.5 Å². The summed E-state index contributed by atoms with van der Waals surface area (Å²) in [5, 5.41) is 15.7. The van der Waals surface area contributed by atoms with Gasteiger partial charge in [0.2, 0.25) is 0 Å². The molecule has 0 saturated carbocycles. The molecule has 0 N–H and O–H groups in total. The van der Waals surface area contributed by atoms with Gasteiger partial charge in [-0.1, -0.05) is 222 Å². The zero-order valence-corrected chi connectivity index (χ0v) is 65.3. The van der Waals surface area contributed by atoms with Crippen LogP contribution < -0.4 is 9.80 Å². The fourth-order valence-corrected chi connectivity index (χ4v) is 19.5. The van der Waals surface area contributed by atoms with Crippen LogP contribution in [0.25, 0.3) is 188 Å². The molecule has 0 amide bonds. The maximum atomic E-state index is 7.48. The van der Waals surface area contributed by atoms with Crippen LogP contribution >= 0.6 is 0 Å². The first-order valence-electron chi connectivity index (χ1n) is 40.7. The number of para-hydroxylation sites is 2. The zero-order valence-electron chi connectivity index (χ0n) is 65.3. The Morgan fingerprint density at radius 2 is 0.517 bits per heavy atom. The van der Waals surface area contributed by atoms with Gasteiger partial charge in [0.25, 0.3) is 0 Å². The molecule has 0 atom stereocenters. The SMILES string of the molecule is CC1(C)c2cc(N(c3ccc(-c4oc5c(ccc6c5ccc5c(-c7ccccc7)c(-c7ccc(N(c8ccc9c(c8)C(C)(C)c8cc%10ccccc%10cc8-9)c8ccc9cc(-c%10cc%11ccccc%11o%10)ccc9c8)cc7)oc56)c4-c4ccccc4)cc3)c3ccc4cc(-c5cc6ccccc6o5)ccc4c3)ccc2-c2cc3ccccc3cc21. The van der Waals surface area contributed by atoms with Crippen molar-refractivity contribution in [2.24, 2.45) is 0 Å². The van der Waals surface area contributed by atoms with E-state index in [1.165, 1.54) is 66.1 Å². The van der Waals surface area contributed by atoms with Gasteiger partial charge in [-0.2, -0.15) is 0 Å².